The summed E-state index contributed by atoms with van der Waals surface area (Å²) in [7, 11) is 1.50. The van der Waals surface area contributed by atoms with Crippen molar-refractivity contribution in [1.29, 1.82) is 0 Å². The highest BCUT2D eigenvalue weighted by molar-refractivity contribution is 5.50. The molecule has 12 heteroatoms. The number of halogens is 3. The first-order valence-electron chi connectivity index (χ1n) is 9.61. The van der Waals surface area contributed by atoms with E-state index in [4.69, 9.17) is 4.74 Å². The van der Waals surface area contributed by atoms with Gasteiger partial charge in [0.05, 0.1) is 18.8 Å². The van der Waals surface area contributed by atoms with E-state index in [1.807, 2.05) is 0 Å². The second-order valence-corrected chi connectivity index (χ2v) is 7.33. The molecule has 9 nitrogen and oxygen atoms in total. The van der Waals surface area contributed by atoms with Gasteiger partial charge in [-0.15, -0.1) is 5.10 Å². The van der Waals surface area contributed by atoms with Crippen LogP contribution < -0.4 is 10.1 Å². The maximum atomic E-state index is 13.2. The zero-order chi connectivity index (χ0) is 21.3. The van der Waals surface area contributed by atoms with Crippen molar-refractivity contribution in [3.05, 3.63) is 29.6 Å². The van der Waals surface area contributed by atoms with Crippen molar-refractivity contribution in [2.24, 2.45) is 0 Å². The Hall–Kier alpha value is -2.73. The van der Waals surface area contributed by atoms with Crippen LogP contribution in [-0.4, -0.2) is 88.3 Å². The van der Waals surface area contributed by atoms with Gasteiger partial charge < -0.3 is 15.0 Å². The summed E-state index contributed by atoms with van der Waals surface area (Å²) in [4.78, 5) is 15.8. The highest BCUT2D eigenvalue weighted by Crippen LogP contribution is 2.31. The Morgan fingerprint density at radius 2 is 2.13 bits per heavy atom. The van der Waals surface area contributed by atoms with Crippen LogP contribution in [0.4, 0.5) is 13.2 Å². The highest BCUT2D eigenvalue weighted by Gasteiger charge is 2.39. The van der Waals surface area contributed by atoms with Crippen LogP contribution in [-0.2, 0) is 17.4 Å². The van der Waals surface area contributed by atoms with Crippen molar-refractivity contribution in [2.45, 2.75) is 24.7 Å². The summed E-state index contributed by atoms with van der Waals surface area (Å²) < 4.78 is 45.8. The number of rotatable bonds is 5. The molecule has 2 unspecified atom stereocenters. The molecule has 2 fully saturated rings. The van der Waals surface area contributed by atoms with E-state index in [9.17, 15) is 18.0 Å². The predicted octanol–water partition coefficient (Wildman–Crippen LogP) is 0.347. The van der Waals surface area contributed by atoms with Crippen molar-refractivity contribution in [3.8, 4) is 11.4 Å². The van der Waals surface area contributed by atoms with E-state index in [0.717, 1.165) is 32.6 Å². The lowest BCUT2D eigenvalue weighted by Crippen LogP contribution is -2.66. The van der Waals surface area contributed by atoms with Crippen LogP contribution >= 0.6 is 0 Å². The Kier molecular flexibility index (Phi) is 5.60. The number of benzene rings is 1. The maximum absolute atomic E-state index is 13.2. The molecule has 2 atom stereocenters. The van der Waals surface area contributed by atoms with Crippen LogP contribution in [0.2, 0.25) is 0 Å². The first kappa shape index (κ1) is 20.5. The summed E-state index contributed by atoms with van der Waals surface area (Å²) in [5.41, 5.74) is 0.859. The number of methoxy groups -OCH3 is 1. The van der Waals surface area contributed by atoms with Crippen LogP contribution in [0.1, 0.15) is 11.4 Å². The molecule has 1 aromatic carbocycles. The Morgan fingerprint density at radius 3 is 2.87 bits per heavy atom. The average molecular weight is 425 g/mol. The number of nitrogens with zero attached hydrogens (tertiary/aromatic N) is 6. The van der Waals surface area contributed by atoms with Crippen LogP contribution in [0.15, 0.2) is 18.2 Å². The number of alkyl halides is 3. The minimum Gasteiger partial charge on any atom is -0.496 e. The molecule has 0 bridgehead atoms. The Labute approximate surface area is 170 Å². The minimum atomic E-state index is -4.68. The number of carbonyl (C=O) groups is 1. The van der Waals surface area contributed by atoms with Gasteiger partial charge in [-0.25, -0.2) is 0 Å². The lowest BCUT2D eigenvalue weighted by atomic mass is 9.92. The van der Waals surface area contributed by atoms with Crippen molar-refractivity contribution in [3.63, 3.8) is 0 Å². The average Bonchev–Trinajstić information content (AvgIpc) is 3.24. The van der Waals surface area contributed by atoms with Gasteiger partial charge in [0.1, 0.15) is 5.75 Å². The van der Waals surface area contributed by atoms with Crippen LogP contribution in [0.5, 0.6) is 5.75 Å². The van der Waals surface area contributed by atoms with E-state index in [1.54, 1.807) is 17.0 Å². The van der Waals surface area contributed by atoms with Crippen LogP contribution in [0, 0.1) is 0 Å². The van der Waals surface area contributed by atoms with E-state index in [2.05, 4.69) is 25.7 Å². The van der Waals surface area contributed by atoms with E-state index in [0.29, 0.717) is 29.0 Å². The summed E-state index contributed by atoms with van der Waals surface area (Å²) in [5, 5.41) is 13.1. The van der Waals surface area contributed by atoms with Crippen LogP contribution in [0.3, 0.4) is 0 Å². The van der Waals surface area contributed by atoms with Gasteiger partial charge >= 0.3 is 6.18 Å². The van der Waals surface area contributed by atoms with Gasteiger partial charge in [0, 0.05) is 38.8 Å². The van der Waals surface area contributed by atoms with Crippen molar-refractivity contribution in [2.75, 3.05) is 39.8 Å². The number of tetrazole rings is 1. The summed E-state index contributed by atoms with van der Waals surface area (Å²) in [6, 6.07) is 4.63. The fraction of sp³-hybridized carbons (Fsp3) is 0.556. The number of fused-ring (bicyclic) bond motifs is 1. The van der Waals surface area contributed by atoms with E-state index in [-0.39, 0.29) is 17.8 Å². The fourth-order valence-corrected chi connectivity index (χ4v) is 4.26. The zero-order valence-corrected chi connectivity index (χ0v) is 16.3. The SMILES string of the molecule is COc1ccc(-n2nnnc2C(F)(F)F)cc1CC1C2CNCCN2CCN1C=O. The number of ether oxygens (including phenoxy) is 1. The lowest BCUT2D eigenvalue weighted by Gasteiger charge is -2.49. The van der Waals surface area contributed by atoms with E-state index < -0.39 is 12.0 Å². The third-order valence-electron chi connectivity index (χ3n) is 5.71. The number of hydrogen-bond acceptors (Lipinski definition) is 7. The molecule has 1 aromatic heterocycles. The fourth-order valence-electron chi connectivity index (χ4n) is 4.26. The van der Waals surface area contributed by atoms with Gasteiger partial charge in [-0.1, -0.05) is 0 Å². The Morgan fingerprint density at radius 1 is 1.30 bits per heavy atom. The quantitative estimate of drug-likeness (QED) is 0.692. The lowest BCUT2D eigenvalue weighted by molar-refractivity contribution is -0.146. The highest BCUT2D eigenvalue weighted by atomic mass is 19.4. The molecule has 4 rings (SSSR count). The number of amides is 1. The van der Waals surface area contributed by atoms with Gasteiger partial charge in [-0.2, -0.15) is 17.9 Å². The molecule has 162 valence electrons. The molecule has 1 amide bonds. The van der Waals surface area contributed by atoms with Gasteiger partial charge in [0.2, 0.25) is 6.41 Å². The van der Waals surface area contributed by atoms with Crippen molar-refractivity contribution in [1.82, 2.24) is 35.3 Å². The molecule has 2 aliphatic rings. The number of piperazine rings is 2. The smallest absolute Gasteiger partial charge is 0.453 e. The van der Waals surface area contributed by atoms with Crippen LogP contribution in [0.25, 0.3) is 5.69 Å². The monoisotopic (exact) mass is 425 g/mol. The first-order valence-corrected chi connectivity index (χ1v) is 9.61. The molecule has 30 heavy (non-hydrogen) atoms. The Bertz CT molecular complexity index is 904. The summed E-state index contributed by atoms with van der Waals surface area (Å²) in [6.45, 7) is 3.94. The second-order valence-electron chi connectivity index (χ2n) is 7.33. The number of nitrogens with one attached hydrogen (secondary N) is 1. The topological polar surface area (TPSA) is 88.4 Å². The summed E-state index contributed by atoms with van der Waals surface area (Å²) >= 11 is 0. The molecule has 2 aromatic rings. The predicted molar refractivity (Wildman–Crippen MR) is 99.2 cm³/mol. The van der Waals surface area contributed by atoms with Gasteiger partial charge in [0.15, 0.2) is 0 Å². The molecule has 0 spiro atoms. The van der Waals surface area contributed by atoms with Gasteiger partial charge in [0.25, 0.3) is 5.82 Å². The van der Waals surface area contributed by atoms with Crippen molar-refractivity contribution >= 4 is 6.41 Å². The maximum Gasteiger partial charge on any atom is 0.453 e. The normalized spacial score (nSPS) is 22.6. The molecular formula is C18H22F3N7O2. The molecule has 0 aliphatic carbocycles. The molecule has 2 saturated heterocycles. The standard InChI is InChI=1S/C18H22F3N7O2/c1-30-16-3-2-13(28-17(18(19,20)21)23-24-25-28)8-12(16)9-14-15-10-22-4-5-26(15)6-7-27(14)11-29/h2-3,8,11,14-15,22H,4-7,9-10H2,1H3. The van der Waals surface area contributed by atoms with Gasteiger partial charge in [-0.05, 0) is 40.6 Å². The summed E-state index contributed by atoms with van der Waals surface area (Å²) in [6.07, 6.45) is -3.41. The third-order valence-corrected chi connectivity index (χ3v) is 5.71. The first-order chi connectivity index (χ1) is 14.4. The molecule has 2 aliphatic heterocycles. The molecule has 0 saturated carbocycles. The van der Waals surface area contributed by atoms with E-state index >= 15 is 0 Å². The zero-order valence-electron chi connectivity index (χ0n) is 16.3. The molecular weight excluding hydrogens is 403 g/mol. The number of carbonyl (C=O) groups excluding carboxylic acids is 1. The molecule has 3 heterocycles. The number of aromatic nitrogens is 4. The number of hydrogen-bond donors (Lipinski definition) is 1. The van der Waals surface area contributed by atoms with E-state index in [1.165, 1.54) is 13.2 Å². The minimum absolute atomic E-state index is 0.116. The largest absolute Gasteiger partial charge is 0.496 e. The Balaban J connectivity index is 1.69. The molecule has 0 radical (unpaired) electrons. The van der Waals surface area contributed by atoms with Crippen molar-refractivity contribution < 1.29 is 22.7 Å². The van der Waals surface area contributed by atoms with Gasteiger partial charge in [-0.3, -0.25) is 9.69 Å². The third kappa shape index (κ3) is 3.84. The molecule has 1 N–H and O–H groups in total. The second kappa shape index (κ2) is 8.19. The summed E-state index contributed by atoms with van der Waals surface area (Å²) in [5.74, 6) is -0.666.